The number of carbonyl (C=O) groups is 2. The SMILES string of the molecule is CCc1ccc2c(c1)C(=O)CC1(CCN(C(C)=O)CC1)O2. The van der Waals surface area contributed by atoms with Gasteiger partial charge in [-0.05, 0) is 24.1 Å². The van der Waals surface area contributed by atoms with E-state index in [1.54, 1.807) is 6.92 Å². The van der Waals surface area contributed by atoms with Crippen molar-refractivity contribution in [3.63, 3.8) is 0 Å². The average Bonchev–Trinajstić information content (AvgIpc) is 2.47. The number of amides is 1. The maximum Gasteiger partial charge on any atom is 0.219 e. The molecule has 0 radical (unpaired) electrons. The van der Waals surface area contributed by atoms with Crippen LogP contribution >= 0.6 is 0 Å². The highest BCUT2D eigenvalue weighted by atomic mass is 16.5. The molecule has 1 saturated heterocycles. The van der Waals surface area contributed by atoms with Crippen LogP contribution in [-0.2, 0) is 11.2 Å². The lowest BCUT2D eigenvalue weighted by Crippen LogP contribution is -2.51. The quantitative estimate of drug-likeness (QED) is 0.797. The number of hydrogen-bond acceptors (Lipinski definition) is 3. The fourth-order valence-electron chi connectivity index (χ4n) is 3.27. The van der Waals surface area contributed by atoms with Crippen LogP contribution in [0.2, 0.25) is 0 Å². The van der Waals surface area contributed by atoms with Crippen molar-refractivity contribution in [2.24, 2.45) is 0 Å². The zero-order chi connectivity index (χ0) is 15.0. The summed E-state index contributed by atoms with van der Waals surface area (Å²) in [7, 11) is 0. The summed E-state index contributed by atoms with van der Waals surface area (Å²) < 4.78 is 6.20. The molecular formula is C17H21NO3. The number of ketones is 1. The zero-order valence-corrected chi connectivity index (χ0v) is 12.6. The van der Waals surface area contributed by atoms with Gasteiger partial charge in [-0.3, -0.25) is 9.59 Å². The Morgan fingerprint density at radius 2 is 2.05 bits per heavy atom. The Kier molecular flexibility index (Phi) is 3.47. The van der Waals surface area contributed by atoms with Crippen LogP contribution in [0, 0.1) is 0 Å². The molecule has 1 spiro atoms. The molecule has 2 aliphatic heterocycles. The molecule has 0 saturated carbocycles. The molecule has 0 aliphatic carbocycles. The molecule has 4 nitrogen and oxygen atoms in total. The summed E-state index contributed by atoms with van der Waals surface area (Å²) in [4.78, 5) is 25.7. The predicted octanol–water partition coefficient (Wildman–Crippen LogP) is 2.60. The highest BCUT2D eigenvalue weighted by Gasteiger charge is 2.43. The highest BCUT2D eigenvalue weighted by Crippen LogP contribution is 2.39. The normalized spacial score (nSPS) is 20.1. The minimum Gasteiger partial charge on any atom is -0.486 e. The number of Topliss-reactive ketones (excluding diaryl/α,β-unsaturated/α-hetero) is 1. The van der Waals surface area contributed by atoms with Crippen molar-refractivity contribution in [3.05, 3.63) is 29.3 Å². The Bertz CT molecular complexity index is 586. The number of rotatable bonds is 1. The van der Waals surface area contributed by atoms with Gasteiger partial charge in [0, 0.05) is 32.9 Å². The number of benzene rings is 1. The highest BCUT2D eigenvalue weighted by molar-refractivity contribution is 6.00. The van der Waals surface area contributed by atoms with Crippen LogP contribution in [0.5, 0.6) is 5.75 Å². The fraction of sp³-hybridized carbons (Fsp3) is 0.529. The number of likely N-dealkylation sites (tertiary alicyclic amines) is 1. The van der Waals surface area contributed by atoms with E-state index in [2.05, 4.69) is 6.92 Å². The van der Waals surface area contributed by atoms with Crippen LogP contribution in [0.1, 0.15) is 49.0 Å². The Balaban J connectivity index is 1.83. The first-order valence-corrected chi connectivity index (χ1v) is 7.64. The van der Waals surface area contributed by atoms with Crippen LogP contribution in [0.15, 0.2) is 18.2 Å². The number of ether oxygens (including phenoxy) is 1. The van der Waals surface area contributed by atoms with Crippen LogP contribution < -0.4 is 4.74 Å². The molecule has 0 unspecified atom stereocenters. The molecule has 1 fully saturated rings. The van der Waals surface area contributed by atoms with E-state index in [0.29, 0.717) is 30.8 Å². The van der Waals surface area contributed by atoms with E-state index in [0.717, 1.165) is 24.8 Å². The first kappa shape index (κ1) is 14.1. The van der Waals surface area contributed by atoms with Crippen molar-refractivity contribution in [3.8, 4) is 5.75 Å². The van der Waals surface area contributed by atoms with Crippen LogP contribution in [0.3, 0.4) is 0 Å². The Labute approximate surface area is 125 Å². The van der Waals surface area contributed by atoms with Crippen LogP contribution in [-0.4, -0.2) is 35.3 Å². The van der Waals surface area contributed by atoms with Gasteiger partial charge in [0.15, 0.2) is 5.78 Å². The average molecular weight is 287 g/mol. The van der Waals surface area contributed by atoms with E-state index in [4.69, 9.17) is 4.74 Å². The van der Waals surface area contributed by atoms with E-state index in [-0.39, 0.29) is 11.7 Å². The first-order chi connectivity index (χ1) is 10.0. The van der Waals surface area contributed by atoms with E-state index in [1.807, 2.05) is 23.1 Å². The summed E-state index contributed by atoms with van der Waals surface area (Å²) >= 11 is 0. The molecule has 4 heteroatoms. The molecule has 1 amide bonds. The standard InChI is InChI=1S/C17H21NO3/c1-3-13-4-5-16-14(10-13)15(20)11-17(21-16)6-8-18(9-7-17)12(2)19/h4-5,10H,3,6-9,11H2,1-2H3. The van der Waals surface area contributed by atoms with E-state index in [9.17, 15) is 9.59 Å². The second-order valence-electron chi connectivity index (χ2n) is 6.08. The third-order valence-corrected chi connectivity index (χ3v) is 4.68. The molecule has 0 bridgehead atoms. The summed E-state index contributed by atoms with van der Waals surface area (Å²) in [5.41, 5.74) is 1.46. The van der Waals surface area contributed by atoms with Crippen molar-refractivity contribution in [1.82, 2.24) is 4.90 Å². The van der Waals surface area contributed by atoms with Crippen LogP contribution in [0.25, 0.3) is 0 Å². The van der Waals surface area contributed by atoms with Gasteiger partial charge in [0.25, 0.3) is 0 Å². The zero-order valence-electron chi connectivity index (χ0n) is 12.6. The first-order valence-electron chi connectivity index (χ1n) is 7.64. The van der Waals surface area contributed by atoms with Crippen LogP contribution in [0.4, 0.5) is 0 Å². The number of nitrogens with zero attached hydrogens (tertiary/aromatic N) is 1. The van der Waals surface area contributed by atoms with Gasteiger partial charge in [0.2, 0.25) is 5.91 Å². The van der Waals surface area contributed by atoms with Crippen molar-refractivity contribution < 1.29 is 14.3 Å². The lowest BCUT2D eigenvalue weighted by Gasteiger charge is -2.43. The number of carbonyl (C=O) groups excluding carboxylic acids is 2. The smallest absolute Gasteiger partial charge is 0.219 e. The molecule has 0 atom stereocenters. The Morgan fingerprint density at radius 1 is 1.33 bits per heavy atom. The Hall–Kier alpha value is -1.84. The van der Waals surface area contributed by atoms with Crippen molar-refractivity contribution >= 4 is 11.7 Å². The molecule has 112 valence electrons. The summed E-state index contributed by atoms with van der Waals surface area (Å²) in [6.45, 7) is 5.01. The second kappa shape index (κ2) is 5.17. The van der Waals surface area contributed by atoms with Gasteiger partial charge in [-0.2, -0.15) is 0 Å². The van der Waals surface area contributed by atoms with Gasteiger partial charge >= 0.3 is 0 Å². The van der Waals surface area contributed by atoms with E-state index < -0.39 is 5.60 Å². The number of aryl methyl sites for hydroxylation is 1. The van der Waals surface area contributed by atoms with Gasteiger partial charge in [-0.25, -0.2) is 0 Å². The third kappa shape index (κ3) is 2.55. The number of piperidine rings is 1. The molecule has 1 aromatic rings. The molecule has 21 heavy (non-hydrogen) atoms. The van der Waals surface area contributed by atoms with Gasteiger partial charge in [-0.1, -0.05) is 13.0 Å². The van der Waals surface area contributed by atoms with E-state index >= 15 is 0 Å². The molecule has 0 N–H and O–H groups in total. The molecule has 0 aromatic heterocycles. The maximum absolute atomic E-state index is 12.5. The van der Waals surface area contributed by atoms with Gasteiger partial charge in [0.1, 0.15) is 11.4 Å². The molecule has 3 rings (SSSR count). The summed E-state index contributed by atoms with van der Waals surface area (Å²) in [6, 6.07) is 5.90. The van der Waals surface area contributed by atoms with Gasteiger partial charge in [0.05, 0.1) is 12.0 Å². The topological polar surface area (TPSA) is 46.6 Å². The number of fused-ring (bicyclic) bond motifs is 1. The van der Waals surface area contributed by atoms with E-state index in [1.165, 1.54) is 0 Å². The summed E-state index contributed by atoms with van der Waals surface area (Å²) in [6.07, 6.45) is 2.80. The van der Waals surface area contributed by atoms with Gasteiger partial charge < -0.3 is 9.64 Å². The maximum atomic E-state index is 12.5. The summed E-state index contributed by atoms with van der Waals surface area (Å²) in [5.74, 6) is 0.975. The summed E-state index contributed by atoms with van der Waals surface area (Å²) in [5, 5.41) is 0. The molecule has 2 aliphatic rings. The monoisotopic (exact) mass is 287 g/mol. The van der Waals surface area contributed by atoms with Crippen molar-refractivity contribution in [1.29, 1.82) is 0 Å². The molecule has 1 aromatic carbocycles. The lowest BCUT2D eigenvalue weighted by molar-refractivity contribution is -0.132. The number of hydrogen-bond donors (Lipinski definition) is 0. The minimum atomic E-state index is -0.413. The largest absolute Gasteiger partial charge is 0.486 e. The second-order valence-corrected chi connectivity index (χ2v) is 6.08. The van der Waals surface area contributed by atoms with Crippen molar-refractivity contribution in [2.45, 2.75) is 45.1 Å². The third-order valence-electron chi connectivity index (χ3n) is 4.68. The van der Waals surface area contributed by atoms with Gasteiger partial charge in [-0.15, -0.1) is 0 Å². The minimum absolute atomic E-state index is 0.0972. The predicted molar refractivity (Wildman–Crippen MR) is 79.6 cm³/mol. The van der Waals surface area contributed by atoms with Crippen molar-refractivity contribution in [2.75, 3.05) is 13.1 Å². The lowest BCUT2D eigenvalue weighted by atomic mass is 9.82. The fourth-order valence-corrected chi connectivity index (χ4v) is 3.27. The molecular weight excluding hydrogens is 266 g/mol. The Morgan fingerprint density at radius 3 is 2.67 bits per heavy atom. The molecule has 2 heterocycles.